The predicted octanol–water partition coefficient (Wildman–Crippen LogP) is 1.71. The molecule has 0 unspecified atom stereocenters. The van der Waals surface area contributed by atoms with E-state index in [2.05, 4.69) is 20.8 Å². The number of rotatable bonds is 4. The number of carbonyl (C=O) groups is 1. The Morgan fingerprint density at radius 1 is 1.17 bits per heavy atom. The van der Waals surface area contributed by atoms with E-state index < -0.39 is 0 Å². The van der Waals surface area contributed by atoms with Gasteiger partial charge < -0.3 is 24.7 Å². The number of ether oxygens (including phenoxy) is 2. The van der Waals surface area contributed by atoms with E-state index in [1.54, 1.807) is 10.9 Å². The lowest BCUT2D eigenvalue weighted by molar-refractivity contribution is 0.171. The number of nitrogens with zero attached hydrogens (tertiary/aromatic N) is 3. The van der Waals surface area contributed by atoms with Crippen molar-refractivity contribution in [1.29, 1.82) is 0 Å². The number of amides is 2. The minimum Gasteiger partial charge on any atom is -0.486 e. The average Bonchev–Trinajstić information content (AvgIpc) is 3.00. The highest BCUT2D eigenvalue weighted by molar-refractivity contribution is 5.74. The Morgan fingerprint density at radius 3 is 2.58 bits per heavy atom. The SMILES string of the molecule is C[C@H](NC(=O)N[C@H](C)c1ccc2c(c1)OCCO2)c1nncn1C. The molecule has 0 aliphatic carbocycles. The van der Waals surface area contributed by atoms with Crippen molar-refractivity contribution >= 4 is 6.03 Å². The summed E-state index contributed by atoms with van der Waals surface area (Å²) in [6.45, 7) is 4.87. The first kappa shape index (κ1) is 16.1. The van der Waals surface area contributed by atoms with E-state index in [4.69, 9.17) is 9.47 Å². The molecule has 0 fully saturated rings. The Labute approximate surface area is 140 Å². The van der Waals surface area contributed by atoms with E-state index in [0.717, 1.165) is 11.3 Å². The quantitative estimate of drug-likeness (QED) is 0.890. The second-order valence-corrected chi connectivity index (χ2v) is 5.76. The molecule has 0 saturated heterocycles. The highest BCUT2D eigenvalue weighted by Gasteiger charge is 2.18. The lowest BCUT2D eigenvalue weighted by Gasteiger charge is -2.21. The Balaban J connectivity index is 1.61. The fourth-order valence-corrected chi connectivity index (χ4v) is 2.60. The molecular weight excluding hydrogens is 310 g/mol. The van der Waals surface area contributed by atoms with E-state index in [0.29, 0.717) is 24.8 Å². The Bertz CT molecular complexity index is 730. The van der Waals surface area contributed by atoms with Crippen molar-refractivity contribution in [3.05, 3.63) is 35.9 Å². The van der Waals surface area contributed by atoms with Gasteiger partial charge in [-0.2, -0.15) is 0 Å². The number of hydrogen-bond acceptors (Lipinski definition) is 5. The Kier molecular flexibility index (Phi) is 4.54. The average molecular weight is 331 g/mol. The smallest absolute Gasteiger partial charge is 0.315 e. The van der Waals surface area contributed by atoms with Crippen LogP contribution in [0.1, 0.15) is 37.3 Å². The van der Waals surface area contributed by atoms with Crippen LogP contribution in [0.3, 0.4) is 0 Å². The van der Waals surface area contributed by atoms with Gasteiger partial charge in [0.2, 0.25) is 0 Å². The summed E-state index contributed by atoms with van der Waals surface area (Å²) in [4.78, 5) is 12.2. The topological polar surface area (TPSA) is 90.3 Å². The molecule has 1 aromatic carbocycles. The molecule has 1 aliphatic rings. The highest BCUT2D eigenvalue weighted by Crippen LogP contribution is 2.32. The summed E-state index contributed by atoms with van der Waals surface area (Å²) in [5.74, 6) is 2.13. The molecule has 0 radical (unpaired) electrons. The van der Waals surface area contributed by atoms with Gasteiger partial charge in [0.15, 0.2) is 17.3 Å². The fraction of sp³-hybridized carbons (Fsp3) is 0.438. The van der Waals surface area contributed by atoms with Crippen LogP contribution in [0.15, 0.2) is 24.5 Å². The molecule has 2 aromatic rings. The Morgan fingerprint density at radius 2 is 1.88 bits per heavy atom. The first-order valence-corrected chi connectivity index (χ1v) is 7.85. The molecule has 3 rings (SSSR count). The maximum atomic E-state index is 12.2. The molecule has 2 amide bonds. The van der Waals surface area contributed by atoms with Crippen LogP contribution in [0.4, 0.5) is 4.79 Å². The number of benzene rings is 1. The summed E-state index contributed by atoms with van der Waals surface area (Å²) in [5.41, 5.74) is 0.945. The number of urea groups is 1. The summed E-state index contributed by atoms with van der Waals surface area (Å²) in [6, 6.07) is 4.99. The molecule has 128 valence electrons. The number of nitrogens with one attached hydrogen (secondary N) is 2. The van der Waals surface area contributed by atoms with Crippen LogP contribution in [0.25, 0.3) is 0 Å². The molecule has 0 saturated carbocycles. The van der Waals surface area contributed by atoms with Gasteiger partial charge in [-0.3, -0.25) is 0 Å². The van der Waals surface area contributed by atoms with Gasteiger partial charge in [-0.15, -0.1) is 10.2 Å². The zero-order chi connectivity index (χ0) is 17.1. The van der Waals surface area contributed by atoms with E-state index in [-0.39, 0.29) is 18.1 Å². The van der Waals surface area contributed by atoms with E-state index in [1.165, 1.54) is 0 Å². The largest absolute Gasteiger partial charge is 0.486 e. The maximum absolute atomic E-state index is 12.2. The third-order valence-corrected chi connectivity index (χ3v) is 3.90. The van der Waals surface area contributed by atoms with Gasteiger partial charge in [0.1, 0.15) is 19.5 Å². The minimum atomic E-state index is -0.270. The fourth-order valence-electron chi connectivity index (χ4n) is 2.60. The van der Waals surface area contributed by atoms with Crippen molar-refractivity contribution in [1.82, 2.24) is 25.4 Å². The zero-order valence-corrected chi connectivity index (χ0v) is 13.9. The van der Waals surface area contributed by atoms with Crippen LogP contribution in [0.5, 0.6) is 11.5 Å². The molecule has 1 aliphatic heterocycles. The van der Waals surface area contributed by atoms with Gasteiger partial charge >= 0.3 is 6.03 Å². The van der Waals surface area contributed by atoms with Gasteiger partial charge in [0.25, 0.3) is 0 Å². The standard InChI is InChI=1S/C16H21N5O3/c1-10(12-4-5-13-14(8-12)24-7-6-23-13)18-16(22)19-11(2)15-20-17-9-21(15)3/h4-5,8-11H,6-7H2,1-3H3,(H2,18,19,22)/t10-,11+/m1/s1. The molecule has 2 atom stereocenters. The molecule has 0 spiro atoms. The number of fused-ring (bicyclic) bond motifs is 1. The van der Waals surface area contributed by atoms with Crippen LogP contribution in [-0.4, -0.2) is 34.0 Å². The second kappa shape index (κ2) is 6.77. The van der Waals surface area contributed by atoms with Crippen molar-refractivity contribution in [2.24, 2.45) is 7.05 Å². The molecule has 8 nitrogen and oxygen atoms in total. The number of aromatic nitrogens is 3. The van der Waals surface area contributed by atoms with Crippen LogP contribution in [0, 0.1) is 0 Å². The monoisotopic (exact) mass is 331 g/mol. The molecular formula is C16H21N5O3. The minimum absolute atomic E-state index is 0.174. The zero-order valence-electron chi connectivity index (χ0n) is 13.9. The summed E-state index contributed by atoms with van der Waals surface area (Å²) < 4.78 is 12.9. The van der Waals surface area contributed by atoms with Crippen LogP contribution < -0.4 is 20.1 Å². The first-order chi connectivity index (χ1) is 11.5. The molecule has 24 heavy (non-hydrogen) atoms. The van der Waals surface area contributed by atoms with E-state index in [1.807, 2.05) is 39.1 Å². The maximum Gasteiger partial charge on any atom is 0.315 e. The molecule has 1 aromatic heterocycles. The van der Waals surface area contributed by atoms with Crippen molar-refractivity contribution in [3.8, 4) is 11.5 Å². The predicted molar refractivity (Wildman–Crippen MR) is 86.9 cm³/mol. The number of hydrogen-bond donors (Lipinski definition) is 2. The highest BCUT2D eigenvalue weighted by atomic mass is 16.6. The number of carbonyl (C=O) groups excluding carboxylic acids is 1. The van der Waals surface area contributed by atoms with Gasteiger partial charge in [0.05, 0.1) is 12.1 Å². The van der Waals surface area contributed by atoms with Crippen molar-refractivity contribution in [3.63, 3.8) is 0 Å². The van der Waals surface area contributed by atoms with Crippen molar-refractivity contribution < 1.29 is 14.3 Å². The third-order valence-electron chi connectivity index (χ3n) is 3.90. The Hall–Kier alpha value is -2.77. The molecule has 0 bridgehead atoms. The van der Waals surface area contributed by atoms with E-state index >= 15 is 0 Å². The molecule has 8 heteroatoms. The van der Waals surface area contributed by atoms with Gasteiger partial charge in [-0.25, -0.2) is 4.79 Å². The summed E-state index contributed by atoms with van der Waals surface area (Å²) in [5, 5.41) is 13.6. The van der Waals surface area contributed by atoms with Gasteiger partial charge in [-0.1, -0.05) is 6.07 Å². The normalized spacial score (nSPS) is 15.5. The van der Waals surface area contributed by atoms with E-state index in [9.17, 15) is 4.79 Å². The van der Waals surface area contributed by atoms with Crippen LogP contribution in [-0.2, 0) is 7.05 Å². The molecule has 2 N–H and O–H groups in total. The number of aryl methyl sites for hydroxylation is 1. The molecule has 2 heterocycles. The van der Waals surface area contributed by atoms with Crippen molar-refractivity contribution in [2.75, 3.05) is 13.2 Å². The van der Waals surface area contributed by atoms with Gasteiger partial charge in [0, 0.05) is 7.05 Å². The second-order valence-electron chi connectivity index (χ2n) is 5.76. The van der Waals surface area contributed by atoms with Crippen LogP contribution in [0.2, 0.25) is 0 Å². The summed E-state index contributed by atoms with van der Waals surface area (Å²) in [7, 11) is 1.84. The van der Waals surface area contributed by atoms with Gasteiger partial charge in [-0.05, 0) is 31.5 Å². The first-order valence-electron chi connectivity index (χ1n) is 7.85. The summed E-state index contributed by atoms with van der Waals surface area (Å²) >= 11 is 0. The lowest BCUT2D eigenvalue weighted by Crippen LogP contribution is -2.39. The third kappa shape index (κ3) is 3.42. The van der Waals surface area contributed by atoms with Crippen molar-refractivity contribution in [2.45, 2.75) is 25.9 Å². The summed E-state index contributed by atoms with van der Waals surface area (Å²) in [6.07, 6.45) is 1.60. The lowest BCUT2D eigenvalue weighted by atomic mass is 10.1. The van der Waals surface area contributed by atoms with Crippen LogP contribution >= 0.6 is 0 Å².